The Morgan fingerprint density at radius 1 is 1.50 bits per heavy atom. The van der Waals surface area contributed by atoms with Crippen molar-refractivity contribution in [2.75, 3.05) is 7.05 Å². The maximum Gasteiger partial charge on any atom is 0.211 e. The van der Waals surface area contributed by atoms with Gasteiger partial charge in [0, 0.05) is 7.05 Å². The first-order valence-corrected chi connectivity index (χ1v) is 4.12. The van der Waals surface area contributed by atoms with Gasteiger partial charge in [0.05, 0.1) is 0 Å². The first-order valence-electron chi connectivity index (χ1n) is 2.99. The highest BCUT2D eigenvalue weighted by Crippen LogP contribution is 2.27. The van der Waals surface area contributed by atoms with Crippen molar-refractivity contribution in [1.29, 1.82) is 5.26 Å². The Labute approximate surface area is 84.8 Å². The second kappa shape index (κ2) is 3.53. The Kier molecular flexibility index (Phi) is 2.84. The summed E-state index contributed by atoms with van der Waals surface area (Å²) in [7, 11) is 1.62. The molecule has 64 valence electrons. The van der Waals surface area contributed by atoms with Crippen LogP contribution in [0.25, 0.3) is 0 Å². The van der Waals surface area contributed by atoms with E-state index >= 15 is 0 Å². The zero-order chi connectivity index (χ0) is 9.30. The van der Waals surface area contributed by atoms with Crippen LogP contribution in [0.1, 0.15) is 0 Å². The molecule has 3 nitrogen and oxygen atoms in total. The van der Waals surface area contributed by atoms with Crippen LogP contribution in [0.15, 0.2) is 15.2 Å². The molecule has 1 unspecified atom stereocenters. The summed E-state index contributed by atoms with van der Waals surface area (Å²) in [4.78, 5) is 5.23. The molecule has 1 atom stereocenters. The number of hydrogen-bond donors (Lipinski definition) is 0. The molecule has 0 aromatic rings. The van der Waals surface area contributed by atoms with Gasteiger partial charge in [-0.25, -0.2) is 4.99 Å². The normalized spacial score (nSPS) is 23.8. The highest BCUT2D eigenvalue weighted by Gasteiger charge is 2.24. The van der Waals surface area contributed by atoms with Crippen molar-refractivity contribution in [3.05, 3.63) is 10.2 Å². The second-order valence-corrected chi connectivity index (χ2v) is 3.23. The van der Waals surface area contributed by atoms with E-state index in [4.69, 9.17) is 40.1 Å². The summed E-state index contributed by atoms with van der Waals surface area (Å²) in [6.45, 7) is 0. The molecule has 6 heteroatoms. The standard InChI is InChI=1S/C6H4Cl3N3/c1-12-3(2-10)11-5(8)4(7)6(12)9/h3H,1H3. The lowest BCUT2D eigenvalue weighted by Gasteiger charge is -2.25. The smallest absolute Gasteiger partial charge is 0.211 e. The van der Waals surface area contributed by atoms with Crippen molar-refractivity contribution < 1.29 is 0 Å². The summed E-state index contributed by atoms with van der Waals surface area (Å²) < 4.78 is 0. The summed E-state index contributed by atoms with van der Waals surface area (Å²) in [5.41, 5.74) is 0. The summed E-state index contributed by atoms with van der Waals surface area (Å²) in [6, 6.07) is 1.91. The van der Waals surface area contributed by atoms with E-state index in [1.165, 1.54) is 4.90 Å². The van der Waals surface area contributed by atoms with Crippen LogP contribution in [0.2, 0.25) is 0 Å². The third kappa shape index (κ3) is 1.51. The van der Waals surface area contributed by atoms with Gasteiger partial charge in [-0.15, -0.1) is 0 Å². The zero-order valence-electron chi connectivity index (χ0n) is 6.05. The van der Waals surface area contributed by atoms with Crippen molar-refractivity contribution in [2.24, 2.45) is 4.99 Å². The Morgan fingerprint density at radius 3 is 2.58 bits per heavy atom. The van der Waals surface area contributed by atoms with Crippen LogP contribution < -0.4 is 0 Å². The van der Waals surface area contributed by atoms with Gasteiger partial charge >= 0.3 is 0 Å². The van der Waals surface area contributed by atoms with E-state index in [9.17, 15) is 0 Å². The first kappa shape index (κ1) is 9.66. The van der Waals surface area contributed by atoms with Crippen molar-refractivity contribution >= 4 is 40.0 Å². The molecule has 0 spiro atoms. The fourth-order valence-corrected chi connectivity index (χ4v) is 1.31. The summed E-state index contributed by atoms with van der Waals surface area (Å²) in [6.07, 6.45) is -0.688. The molecule has 0 aromatic carbocycles. The van der Waals surface area contributed by atoms with Crippen LogP contribution in [-0.4, -0.2) is 23.3 Å². The molecule has 0 saturated carbocycles. The number of rotatable bonds is 0. The minimum Gasteiger partial charge on any atom is -0.330 e. The molecule has 0 N–H and O–H groups in total. The lowest BCUT2D eigenvalue weighted by atomic mass is 10.4. The van der Waals surface area contributed by atoms with Crippen LogP contribution >= 0.6 is 34.8 Å². The van der Waals surface area contributed by atoms with Gasteiger partial charge in [-0.3, -0.25) is 0 Å². The molecule has 1 rings (SSSR count). The first-order chi connectivity index (χ1) is 5.57. The molecule has 0 bridgehead atoms. The molecule has 0 radical (unpaired) electrons. The van der Waals surface area contributed by atoms with E-state index in [1.807, 2.05) is 6.07 Å². The predicted octanol–water partition coefficient (Wildman–Crippen LogP) is 2.07. The van der Waals surface area contributed by atoms with Crippen LogP contribution in [0, 0.1) is 11.3 Å². The maximum atomic E-state index is 8.60. The predicted molar refractivity (Wildman–Crippen MR) is 49.2 cm³/mol. The molecule has 0 aromatic heterocycles. The molecule has 1 aliphatic rings. The van der Waals surface area contributed by atoms with E-state index in [-0.39, 0.29) is 15.4 Å². The molecular weight excluding hydrogens is 220 g/mol. The van der Waals surface area contributed by atoms with Gasteiger partial charge in [-0.1, -0.05) is 34.8 Å². The van der Waals surface area contributed by atoms with Crippen LogP contribution in [-0.2, 0) is 0 Å². The monoisotopic (exact) mass is 223 g/mol. The lowest BCUT2D eigenvalue weighted by Crippen LogP contribution is -2.31. The molecule has 1 aliphatic heterocycles. The van der Waals surface area contributed by atoms with Crippen molar-refractivity contribution in [3.63, 3.8) is 0 Å². The highest BCUT2D eigenvalue weighted by atomic mass is 35.5. The van der Waals surface area contributed by atoms with E-state index in [0.29, 0.717) is 0 Å². The third-order valence-electron chi connectivity index (χ3n) is 1.39. The Hall–Kier alpha value is -0.430. The Balaban J connectivity index is 3.07. The topological polar surface area (TPSA) is 39.4 Å². The van der Waals surface area contributed by atoms with E-state index < -0.39 is 6.17 Å². The molecule has 0 saturated heterocycles. The maximum absolute atomic E-state index is 8.60. The van der Waals surface area contributed by atoms with E-state index in [1.54, 1.807) is 7.05 Å². The Morgan fingerprint density at radius 2 is 2.08 bits per heavy atom. The zero-order valence-corrected chi connectivity index (χ0v) is 8.32. The van der Waals surface area contributed by atoms with Crippen LogP contribution in [0.3, 0.4) is 0 Å². The van der Waals surface area contributed by atoms with Gasteiger partial charge in [0.2, 0.25) is 6.17 Å². The number of nitrogens with zero attached hydrogens (tertiary/aromatic N) is 3. The number of aliphatic imine (C=N–C) groups is 1. The van der Waals surface area contributed by atoms with Crippen LogP contribution in [0.4, 0.5) is 0 Å². The Bertz CT molecular complexity index is 302. The van der Waals surface area contributed by atoms with Gasteiger partial charge in [-0.2, -0.15) is 5.26 Å². The fourth-order valence-electron chi connectivity index (χ4n) is 0.713. The SMILES string of the molecule is CN1C(Cl)=C(Cl)C(Cl)=NC1C#N. The summed E-state index contributed by atoms with van der Waals surface area (Å²) in [5.74, 6) is 0. The molecule has 0 aliphatic carbocycles. The lowest BCUT2D eigenvalue weighted by molar-refractivity contribution is 0.386. The summed E-state index contributed by atoms with van der Waals surface area (Å²) in [5, 5.41) is 9.09. The van der Waals surface area contributed by atoms with Gasteiger partial charge < -0.3 is 4.90 Å². The number of nitriles is 1. The van der Waals surface area contributed by atoms with E-state index in [2.05, 4.69) is 4.99 Å². The van der Waals surface area contributed by atoms with E-state index in [0.717, 1.165) is 0 Å². The third-order valence-corrected chi connectivity index (χ3v) is 2.68. The van der Waals surface area contributed by atoms with Crippen molar-refractivity contribution in [3.8, 4) is 6.07 Å². The van der Waals surface area contributed by atoms with Gasteiger partial charge in [0.1, 0.15) is 21.4 Å². The number of halogens is 3. The van der Waals surface area contributed by atoms with Crippen molar-refractivity contribution in [2.45, 2.75) is 6.17 Å². The molecule has 0 fully saturated rings. The molecule has 1 heterocycles. The quantitative estimate of drug-likeness (QED) is 0.591. The largest absolute Gasteiger partial charge is 0.330 e. The average Bonchev–Trinajstić information content (AvgIpc) is 2.08. The summed E-state index contributed by atoms with van der Waals surface area (Å²) >= 11 is 17.0. The van der Waals surface area contributed by atoms with Gasteiger partial charge in [-0.05, 0) is 0 Å². The molecule has 12 heavy (non-hydrogen) atoms. The minimum absolute atomic E-state index is 0.0753. The number of allylic oxidation sites excluding steroid dienone is 1. The van der Waals surface area contributed by atoms with Gasteiger partial charge in [0.15, 0.2) is 0 Å². The minimum atomic E-state index is -0.688. The van der Waals surface area contributed by atoms with Crippen molar-refractivity contribution in [1.82, 2.24) is 4.90 Å². The van der Waals surface area contributed by atoms with Gasteiger partial charge in [0.25, 0.3) is 0 Å². The van der Waals surface area contributed by atoms with Crippen LogP contribution in [0.5, 0.6) is 0 Å². The molecule has 0 amide bonds. The average molecular weight is 224 g/mol. The molecular formula is C6H4Cl3N3. The highest BCUT2D eigenvalue weighted by molar-refractivity contribution is 6.77. The fraction of sp³-hybridized carbons (Fsp3) is 0.333. The second-order valence-electron chi connectivity index (χ2n) is 2.14. The number of hydrogen-bond acceptors (Lipinski definition) is 3.